The van der Waals surface area contributed by atoms with E-state index in [1.54, 1.807) is 0 Å². The van der Waals surface area contributed by atoms with E-state index >= 15 is 0 Å². The van der Waals surface area contributed by atoms with Crippen molar-refractivity contribution < 1.29 is 0 Å². The van der Waals surface area contributed by atoms with Gasteiger partial charge in [-0.2, -0.15) is 0 Å². The number of hydrogen-bond acceptors (Lipinski definition) is 0. The van der Waals surface area contributed by atoms with Gasteiger partial charge < -0.3 is 0 Å². The van der Waals surface area contributed by atoms with Gasteiger partial charge in [0.25, 0.3) is 0 Å². The summed E-state index contributed by atoms with van der Waals surface area (Å²) in [5.41, 5.74) is 2.77. The lowest BCUT2D eigenvalue weighted by Crippen LogP contribution is -2.04. The number of halogens is 1. The van der Waals surface area contributed by atoms with E-state index in [4.69, 9.17) is 11.6 Å². The molecule has 18 heavy (non-hydrogen) atoms. The van der Waals surface area contributed by atoms with Crippen LogP contribution in [0.25, 0.3) is 0 Å². The molecule has 3 saturated carbocycles. The van der Waals surface area contributed by atoms with E-state index in [1.807, 2.05) is 0 Å². The van der Waals surface area contributed by atoms with Crippen LogP contribution in [-0.4, -0.2) is 0 Å². The Labute approximate surface area is 115 Å². The number of benzene rings is 1. The standard InChI is InChI=1S/C17H21Cl/c1-2-10-3-5-11(6-4-10)17(18)16-14-12-7-8-13(9-12)15(14)16/h3-6,12-17H,2,7-9H2,1H3. The minimum Gasteiger partial charge on any atom is -0.117 e. The number of fused-ring (bicyclic) bond motifs is 5. The largest absolute Gasteiger partial charge is 0.117 e. The zero-order valence-corrected chi connectivity index (χ0v) is 11.7. The number of alkyl halides is 1. The molecule has 5 unspecified atom stereocenters. The van der Waals surface area contributed by atoms with Gasteiger partial charge in [0.2, 0.25) is 0 Å². The van der Waals surface area contributed by atoms with E-state index in [9.17, 15) is 0 Å². The third-order valence-electron chi connectivity index (χ3n) is 5.84. The molecule has 2 bridgehead atoms. The van der Waals surface area contributed by atoms with E-state index in [2.05, 4.69) is 31.2 Å². The van der Waals surface area contributed by atoms with Crippen molar-refractivity contribution in [2.45, 2.75) is 38.0 Å². The molecule has 1 aromatic rings. The summed E-state index contributed by atoms with van der Waals surface area (Å²) in [6.45, 7) is 2.20. The fraction of sp³-hybridized carbons (Fsp3) is 0.647. The third kappa shape index (κ3) is 1.51. The van der Waals surface area contributed by atoms with Crippen molar-refractivity contribution in [3.05, 3.63) is 35.4 Å². The molecule has 3 aliphatic rings. The van der Waals surface area contributed by atoms with Crippen LogP contribution in [-0.2, 0) is 6.42 Å². The predicted octanol–water partition coefficient (Wildman–Crippen LogP) is 4.82. The first-order valence-electron chi connectivity index (χ1n) is 7.52. The van der Waals surface area contributed by atoms with Gasteiger partial charge in [0.1, 0.15) is 0 Å². The van der Waals surface area contributed by atoms with Crippen molar-refractivity contribution in [1.82, 2.24) is 0 Å². The Morgan fingerprint density at radius 2 is 1.72 bits per heavy atom. The summed E-state index contributed by atoms with van der Waals surface area (Å²) < 4.78 is 0. The fourth-order valence-electron chi connectivity index (χ4n) is 4.94. The molecular weight excluding hydrogens is 240 g/mol. The van der Waals surface area contributed by atoms with E-state index < -0.39 is 0 Å². The van der Waals surface area contributed by atoms with Gasteiger partial charge in [0, 0.05) is 0 Å². The fourth-order valence-corrected chi connectivity index (χ4v) is 5.42. The van der Waals surface area contributed by atoms with Crippen LogP contribution < -0.4 is 0 Å². The highest BCUT2D eigenvalue weighted by atomic mass is 35.5. The van der Waals surface area contributed by atoms with E-state index in [-0.39, 0.29) is 5.38 Å². The summed E-state index contributed by atoms with van der Waals surface area (Å²) in [4.78, 5) is 0. The molecule has 3 aliphatic carbocycles. The first-order valence-corrected chi connectivity index (χ1v) is 7.96. The average Bonchev–Trinajstić information content (AvgIpc) is 2.85. The first kappa shape index (κ1) is 11.3. The van der Waals surface area contributed by atoms with Crippen LogP contribution in [0.4, 0.5) is 0 Å². The van der Waals surface area contributed by atoms with Gasteiger partial charge >= 0.3 is 0 Å². The van der Waals surface area contributed by atoms with Crippen LogP contribution in [0.3, 0.4) is 0 Å². The summed E-state index contributed by atoms with van der Waals surface area (Å²) in [6, 6.07) is 9.01. The monoisotopic (exact) mass is 260 g/mol. The molecule has 0 spiro atoms. The molecule has 1 aromatic carbocycles. The summed E-state index contributed by atoms with van der Waals surface area (Å²) >= 11 is 6.76. The number of rotatable bonds is 3. The average molecular weight is 261 g/mol. The summed E-state index contributed by atoms with van der Waals surface area (Å²) in [6.07, 6.45) is 5.61. The van der Waals surface area contributed by atoms with Crippen LogP contribution >= 0.6 is 11.6 Å². The zero-order valence-electron chi connectivity index (χ0n) is 11.0. The molecule has 1 heteroatoms. The van der Waals surface area contributed by atoms with Gasteiger partial charge in [-0.15, -0.1) is 11.6 Å². The van der Waals surface area contributed by atoms with Gasteiger partial charge in [-0.25, -0.2) is 0 Å². The van der Waals surface area contributed by atoms with Crippen molar-refractivity contribution in [3.8, 4) is 0 Å². The highest BCUT2D eigenvalue weighted by molar-refractivity contribution is 6.21. The quantitative estimate of drug-likeness (QED) is 0.684. The van der Waals surface area contributed by atoms with Crippen molar-refractivity contribution in [2.75, 3.05) is 0 Å². The minimum absolute atomic E-state index is 0.273. The lowest BCUT2D eigenvalue weighted by atomic mass is 9.96. The smallest absolute Gasteiger partial charge is 0.0619 e. The molecule has 0 saturated heterocycles. The summed E-state index contributed by atoms with van der Waals surface area (Å²) in [5, 5.41) is 0.273. The second kappa shape index (κ2) is 4.00. The van der Waals surface area contributed by atoms with Gasteiger partial charge in [0.05, 0.1) is 5.38 Å². The molecule has 0 aliphatic heterocycles. The highest BCUT2D eigenvalue weighted by Gasteiger charge is 2.66. The lowest BCUT2D eigenvalue weighted by Gasteiger charge is -2.15. The molecule has 4 rings (SSSR count). The Morgan fingerprint density at radius 1 is 1.11 bits per heavy atom. The zero-order chi connectivity index (χ0) is 12.3. The van der Waals surface area contributed by atoms with E-state index in [0.29, 0.717) is 0 Å². The molecule has 0 aromatic heterocycles. The van der Waals surface area contributed by atoms with Crippen LogP contribution in [0, 0.1) is 29.6 Å². The van der Waals surface area contributed by atoms with Gasteiger partial charge in [-0.1, -0.05) is 31.2 Å². The van der Waals surface area contributed by atoms with Gasteiger partial charge in [-0.3, -0.25) is 0 Å². The molecule has 0 amide bonds. The SMILES string of the molecule is CCc1ccc(C(Cl)C2C3C4CCC(C4)C32)cc1. The Kier molecular flexibility index (Phi) is 2.52. The van der Waals surface area contributed by atoms with Crippen molar-refractivity contribution in [3.63, 3.8) is 0 Å². The molecule has 3 fully saturated rings. The summed E-state index contributed by atoms with van der Waals surface area (Å²) in [7, 11) is 0. The topological polar surface area (TPSA) is 0 Å². The van der Waals surface area contributed by atoms with Gasteiger partial charge in [-0.05, 0) is 66.4 Å². The number of aryl methyl sites for hydroxylation is 1. The van der Waals surface area contributed by atoms with Crippen molar-refractivity contribution in [2.24, 2.45) is 29.6 Å². The molecule has 5 atom stereocenters. The van der Waals surface area contributed by atoms with Crippen LogP contribution in [0.5, 0.6) is 0 Å². The van der Waals surface area contributed by atoms with E-state index in [1.165, 1.54) is 30.4 Å². The Hall–Kier alpha value is -0.490. The second-order valence-electron chi connectivity index (χ2n) is 6.56. The normalized spacial score (nSPS) is 41.8. The van der Waals surface area contributed by atoms with Crippen molar-refractivity contribution in [1.29, 1.82) is 0 Å². The van der Waals surface area contributed by atoms with Gasteiger partial charge in [0.15, 0.2) is 0 Å². The van der Waals surface area contributed by atoms with Crippen LogP contribution in [0.2, 0.25) is 0 Å². The first-order chi connectivity index (χ1) is 8.79. The maximum absolute atomic E-state index is 6.76. The Bertz CT molecular complexity index is 433. The molecule has 0 heterocycles. The second-order valence-corrected chi connectivity index (χ2v) is 7.03. The molecule has 0 radical (unpaired) electrons. The molecule has 0 nitrogen and oxygen atoms in total. The lowest BCUT2D eigenvalue weighted by molar-refractivity contribution is 0.455. The maximum Gasteiger partial charge on any atom is 0.0619 e. The summed E-state index contributed by atoms with van der Waals surface area (Å²) in [5.74, 6) is 4.82. The predicted molar refractivity (Wildman–Crippen MR) is 75.7 cm³/mol. The maximum atomic E-state index is 6.76. The minimum atomic E-state index is 0.273. The molecule has 96 valence electrons. The Morgan fingerprint density at radius 3 is 2.28 bits per heavy atom. The molecule has 0 N–H and O–H groups in total. The highest BCUT2D eigenvalue weighted by Crippen LogP contribution is 2.73. The van der Waals surface area contributed by atoms with Crippen LogP contribution in [0.1, 0.15) is 42.7 Å². The Balaban J connectivity index is 1.52. The van der Waals surface area contributed by atoms with Crippen LogP contribution in [0.15, 0.2) is 24.3 Å². The van der Waals surface area contributed by atoms with Crippen molar-refractivity contribution >= 4 is 11.6 Å². The molecular formula is C17H21Cl. The number of hydrogen-bond donors (Lipinski definition) is 0. The third-order valence-corrected chi connectivity index (χ3v) is 6.38. The van der Waals surface area contributed by atoms with E-state index in [0.717, 1.165) is 36.0 Å².